The van der Waals surface area contributed by atoms with E-state index >= 15 is 0 Å². The van der Waals surface area contributed by atoms with Crippen LogP contribution in [0.3, 0.4) is 0 Å². The molecule has 0 N–H and O–H groups in total. The van der Waals surface area contributed by atoms with E-state index < -0.39 is 0 Å². The van der Waals surface area contributed by atoms with Gasteiger partial charge >= 0.3 is 0 Å². The van der Waals surface area contributed by atoms with Gasteiger partial charge in [-0.25, -0.2) is 0 Å². The molecule has 2 heterocycles. The van der Waals surface area contributed by atoms with Crippen LogP contribution in [-0.4, -0.2) is 66.4 Å². The van der Waals surface area contributed by atoms with Gasteiger partial charge in [0.1, 0.15) is 16.3 Å². The van der Waals surface area contributed by atoms with Gasteiger partial charge in [-0.15, -0.1) is 5.79 Å². The zero-order chi connectivity index (χ0) is 12.2. The molecule has 2 fully saturated rings. The first-order valence-corrected chi connectivity index (χ1v) is 7.89. The van der Waals surface area contributed by atoms with Gasteiger partial charge in [-0.2, -0.15) is 0 Å². The van der Waals surface area contributed by atoms with Crippen molar-refractivity contribution in [2.45, 2.75) is 51.7 Å². The zero-order valence-electron chi connectivity index (χ0n) is 11.5. The van der Waals surface area contributed by atoms with E-state index in [2.05, 4.69) is 40.2 Å². The minimum absolute atomic E-state index is 0. The van der Waals surface area contributed by atoms with Crippen LogP contribution in [0.2, 0.25) is 5.79 Å². The molecule has 0 aromatic carbocycles. The molecule has 0 saturated carbocycles. The quantitative estimate of drug-likeness (QED) is 0.615. The molecular formula is C14H33AlN2. The Balaban J connectivity index is 0. The number of nitrogens with zero attached hydrogens (tertiary/aromatic N) is 2. The molecule has 2 aliphatic heterocycles. The Labute approximate surface area is 118 Å². The third kappa shape index (κ3) is 12.7. The average molecular weight is 256 g/mol. The summed E-state index contributed by atoms with van der Waals surface area (Å²) in [5.74, 6) is 1.92. The van der Waals surface area contributed by atoms with E-state index in [9.17, 15) is 0 Å². The second kappa shape index (κ2) is 14.5. The molecule has 0 aromatic rings. The molecule has 2 rings (SSSR count). The molecule has 2 radical (unpaired) electrons. The van der Waals surface area contributed by atoms with Crippen LogP contribution in [0, 0.1) is 0 Å². The Hall–Kier alpha value is 0.452. The summed E-state index contributed by atoms with van der Waals surface area (Å²) in [5.41, 5.74) is 0. The van der Waals surface area contributed by atoms with Crippen LogP contribution in [0.25, 0.3) is 0 Å². The summed E-state index contributed by atoms with van der Waals surface area (Å²) >= 11 is 2.42. The first-order chi connectivity index (χ1) is 7.79. The average Bonchev–Trinajstić information content (AvgIpc) is 2.34. The maximum atomic E-state index is 2.42. The number of hydrogen-bond acceptors (Lipinski definition) is 2. The van der Waals surface area contributed by atoms with Crippen LogP contribution in [0.1, 0.15) is 46.0 Å². The topological polar surface area (TPSA) is 6.48 Å². The predicted octanol–water partition coefficient (Wildman–Crippen LogP) is 3.04. The highest BCUT2D eigenvalue weighted by atomic mass is 27.0. The first kappa shape index (κ1) is 19.8. The molecule has 0 amide bonds. The van der Waals surface area contributed by atoms with E-state index in [1.165, 1.54) is 64.7 Å². The van der Waals surface area contributed by atoms with Crippen molar-refractivity contribution < 1.29 is 0 Å². The Kier molecular flexibility index (Phi) is 16.9. The number of hydrogen-bond donors (Lipinski definition) is 0. The van der Waals surface area contributed by atoms with Gasteiger partial charge in [0.15, 0.2) is 0 Å². The third-order valence-corrected chi connectivity index (χ3v) is 3.16. The number of likely N-dealkylation sites (tertiary alicyclic amines) is 2. The van der Waals surface area contributed by atoms with Crippen molar-refractivity contribution in [3.63, 3.8) is 0 Å². The van der Waals surface area contributed by atoms with Gasteiger partial charge in [0.2, 0.25) is 0 Å². The van der Waals surface area contributed by atoms with E-state index in [-0.39, 0.29) is 7.43 Å². The Morgan fingerprint density at radius 2 is 0.824 bits per heavy atom. The summed E-state index contributed by atoms with van der Waals surface area (Å²) in [7, 11) is 4.39. The fourth-order valence-electron chi connectivity index (χ4n) is 2.10. The van der Waals surface area contributed by atoms with Crippen molar-refractivity contribution in [3.8, 4) is 0 Å². The fourth-order valence-corrected chi connectivity index (χ4v) is 2.10. The molecule has 0 atom stereocenters. The standard InChI is InChI=1S/2C6H13N.CH4.CH3.Al/c2*1-7-5-3-2-4-6-7;;;/h2*2-6H2,1H3;1H4;1H3;. The van der Waals surface area contributed by atoms with Crippen molar-refractivity contribution in [2.24, 2.45) is 0 Å². The minimum Gasteiger partial charge on any atom is -0.306 e. The van der Waals surface area contributed by atoms with Gasteiger partial charge in [-0.05, 0) is 66.0 Å². The van der Waals surface area contributed by atoms with Crippen molar-refractivity contribution >= 4 is 16.3 Å². The van der Waals surface area contributed by atoms with Crippen molar-refractivity contribution in [1.82, 2.24) is 9.80 Å². The van der Waals surface area contributed by atoms with Crippen molar-refractivity contribution in [1.29, 1.82) is 0 Å². The highest BCUT2D eigenvalue weighted by Crippen LogP contribution is 2.05. The van der Waals surface area contributed by atoms with Gasteiger partial charge in [-0.1, -0.05) is 20.3 Å². The predicted molar refractivity (Wildman–Crippen MR) is 81.0 cm³/mol. The SMILES string of the molecule is C.CN1CCCCC1.CN1CCCCC1.[CH3][Al]. The molecule has 0 aromatic heterocycles. The Morgan fingerprint density at radius 3 is 0.941 bits per heavy atom. The molecular weight excluding hydrogens is 223 g/mol. The van der Waals surface area contributed by atoms with Crippen LogP contribution in [0.5, 0.6) is 0 Å². The monoisotopic (exact) mass is 256 g/mol. The first-order valence-electron chi connectivity index (χ1n) is 6.74. The van der Waals surface area contributed by atoms with E-state index in [0.29, 0.717) is 0 Å². The van der Waals surface area contributed by atoms with E-state index in [1.807, 2.05) is 5.79 Å². The summed E-state index contributed by atoms with van der Waals surface area (Å²) in [6.07, 6.45) is 8.55. The summed E-state index contributed by atoms with van der Waals surface area (Å²) < 4.78 is 0. The van der Waals surface area contributed by atoms with Gasteiger partial charge < -0.3 is 9.80 Å². The Bertz CT molecular complexity index is 114. The van der Waals surface area contributed by atoms with E-state index in [0.717, 1.165) is 0 Å². The fraction of sp³-hybridized carbons (Fsp3) is 1.00. The second-order valence-electron chi connectivity index (χ2n) is 4.73. The maximum absolute atomic E-state index is 2.42. The van der Waals surface area contributed by atoms with Crippen molar-refractivity contribution in [3.05, 3.63) is 0 Å². The molecule has 2 saturated heterocycles. The molecule has 2 aliphatic rings. The molecule has 0 aliphatic carbocycles. The summed E-state index contributed by atoms with van der Waals surface area (Å²) in [6.45, 7) is 5.28. The second-order valence-corrected chi connectivity index (χ2v) is 4.73. The molecule has 0 spiro atoms. The minimum atomic E-state index is 0. The highest BCUT2D eigenvalue weighted by Gasteiger charge is 2.02. The smallest absolute Gasteiger partial charge is 0.112 e. The lowest BCUT2D eigenvalue weighted by atomic mass is 10.1. The lowest BCUT2D eigenvalue weighted by molar-refractivity contribution is 0.277. The Morgan fingerprint density at radius 1 is 0.588 bits per heavy atom. The largest absolute Gasteiger partial charge is 0.306 e. The summed E-state index contributed by atoms with van der Waals surface area (Å²) in [5, 5.41) is 0. The highest BCUT2D eigenvalue weighted by molar-refractivity contribution is 6.05. The van der Waals surface area contributed by atoms with Crippen LogP contribution in [0.4, 0.5) is 0 Å². The lowest BCUT2D eigenvalue weighted by Crippen LogP contribution is -2.24. The maximum Gasteiger partial charge on any atom is 0.112 e. The van der Waals surface area contributed by atoms with Gasteiger partial charge in [0.25, 0.3) is 0 Å². The van der Waals surface area contributed by atoms with Gasteiger partial charge in [-0.3, -0.25) is 0 Å². The number of piperidine rings is 2. The van der Waals surface area contributed by atoms with Crippen LogP contribution in [-0.2, 0) is 0 Å². The van der Waals surface area contributed by atoms with Gasteiger partial charge in [0, 0.05) is 0 Å². The lowest BCUT2D eigenvalue weighted by Gasteiger charge is -2.20. The third-order valence-electron chi connectivity index (χ3n) is 3.16. The molecule has 102 valence electrons. The van der Waals surface area contributed by atoms with Gasteiger partial charge in [0.05, 0.1) is 0 Å². The number of rotatable bonds is 0. The summed E-state index contributed by atoms with van der Waals surface area (Å²) in [6, 6.07) is 0. The molecule has 0 unspecified atom stereocenters. The zero-order valence-corrected chi connectivity index (χ0v) is 12.7. The van der Waals surface area contributed by atoms with E-state index in [1.54, 1.807) is 0 Å². The van der Waals surface area contributed by atoms with Crippen LogP contribution in [0.15, 0.2) is 0 Å². The normalized spacial score (nSPS) is 21.1. The van der Waals surface area contributed by atoms with Crippen LogP contribution < -0.4 is 0 Å². The van der Waals surface area contributed by atoms with E-state index in [4.69, 9.17) is 0 Å². The van der Waals surface area contributed by atoms with Crippen molar-refractivity contribution in [2.75, 3.05) is 40.3 Å². The summed E-state index contributed by atoms with van der Waals surface area (Å²) in [4.78, 5) is 4.78. The molecule has 17 heavy (non-hydrogen) atoms. The van der Waals surface area contributed by atoms with Crippen LogP contribution >= 0.6 is 0 Å². The molecule has 3 heteroatoms. The molecule has 2 nitrogen and oxygen atoms in total. The molecule has 0 bridgehead atoms.